The molecule has 2 aromatic rings. The predicted octanol–water partition coefficient (Wildman–Crippen LogP) is 2.81. The number of carbonyl (C=O) groups is 3. The molecule has 2 aromatic carbocycles. The highest BCUT2D eigenvalue weighted by Gasteiger charge is 2.32. The summed E-state index contributed by atoms with van der Waals surface area (Å²) in [6, 6.07) is 10.8. The van der Waals surface area contributed by atoms with Crippen LogP contribution in [0.15, 0.2) is 42.5 Å². The molecular formula is C22H25N3O6. The highest BCUT2D eigenvalue weighted by molar-refractivity contribution is 5.98. The van der Waals surface area contributed by atoms with Gasteiger partial charge >= 0.3 is 12.0 Å². The van der Waals surface area contributed by atoms with Gasteiger partial charge in [-0.15, -0.1) is 0 Å². The number of hydrogen-bond acceptors (Lipinski definition) is 6. The van der Waals surface area contributed by atoms with Gasteiger partial charge in [0.2, 0.25) is 5.91 Å². The average Bonchev–Trinajstić information content (AvgIpc) is 3.13. The first-order valence-corrected chi connectivity index (χ1v) is 9.82. The average molecular weight is 427 g/mol. The van der Waals surface area contributed by atoms with Crippen molar-refractivity contribution < 1.29 is 28.6 Å². The number of amides is 3. The topological polar surface area (TPSA) is 106 Å². The fraction of sp³-hybridized carbons (Fsp3) is 0.318. The first-order chi connectivity index (χ1) is 14.9. The van der Waals surface area contributed by atoms with Gasteiger partial charge in [0.15, 0.2) is 11.5 Å². The number of esters is 1. The Balaban J connectivity index is 1.58. The van der Waals surface area contributed by atoms with Crippen LogP contribution in [0.4, 0.5) is 16.2 Å². The fourth-order valence-electron chi connectivity index (χ4n) is 3.30. The van der Waals surface area contributed by atoms with Crippen molar-refractivity contribution >= 4 is 29.3 Å². The van der Waals surface area contributed by atoms with Gasteiger partial charge in [0.05, 0.1) is 32.4 Å². The van der Waals surface area contributed by atoms with E-state index in [1.165, 1.54) is 7.11 Å². The van der Waals surface area contributed by atoms with Crippen LogP contribution in [0.25, 0.3) is 0 Å². The Morgan fingerprint density at radius 3 is 2.42 bits per heavy atom. The van der Waals surface area contributed by atoms with E-state index in [1.54, 1.807) is 61.4 Å². The van der Waals surface area contributed by atoms with E-state index >= 15 is 0 Å². The second kappa shape index (κ2) is 9.84. The van der Waals surface area contributed by atoms with Crippen LogP contribution in [0.3, 0.4) is 0 Å². The van der Waals surface area contributed by atoms with E-state index in [0.717, 1.165) is 0 Å². The molecule has 164 valence electrons. The molecule has 1 unspecified atom stereocenters. The van der Waals surface area contributed by atoms with E-state index in [4.69, 9.17) is 14.2 Å². The Morgan fingerprint density at radius 2 is 1.77 bits per heavy atom. The van der Waals surface area contributed by atoms with E-state index in [-0.39, 0.29) is 18.4 Å². The maximum atomic E-state index is 12.5. The van der Waals surface area contributed by atoms with Gasteiger partial charge in [0.25, 0.3) is 0 Å². The number of carbonyl (C=O) groups excluding carboxylic acids is 3. The fourth-order valence-corrected chi connectivity index (χ4v) is 3.30. The summed E-state index contributed by atoms with van der Waals surface area (Å²) in [5.74, 6) is 0.573. The molecule has 1 fully saturated rings. The van der Waals surface area contributed by atoms with Gasteiger partial charge in [-0.25, -0.2) is 9.59 Å². The monoisotopic (exact) mass is 427 g/mol. The zero-order chi connectivity index (χ0) is 22.4. The molecule has 1 saturated heterocycles. The maximum absolute atomic E-state index is 12.5. The standard InChI is InChI=1S/C22H25N3O6/c1-4-31-21(27)14-5-7-15(8-6-14)23-22(28)24-16-11-20(26)25(13-16)17-9-10-18(29-2)19(12-17)30-3/h5-10,12,16H,4,11,13H2,1-3H3,(H2,23,24,28). The minimum absolute atomic E-state index is 0.101. The summed E-state index contributed by atoms with van der Waals surface area (Å²) in [5.41, 5.74) is 1.59. The summed E-state index contributed by atoms with van der Waals surface area (Å²) in [6.07, 6.45) is 0.184. The zero-order valence-corrected chi connectivity index (χ0v) is 17.6. The van der Waals surface area contributed by atoms with Crippen LogP contribution >= 0.6 is 0 Å². The molecule has 1 heterocycles. The molecule has 0 spiro atoms. The zero-order valence-electron chi connectivity index (χ0n) is 17.6. The van der Waals surface area contributed by atoms with E-state index in [2.05, 4.69) is 10.6 Å². The largest absolute Gasteiger partial charge is 0.493 e. The first-order valence-electron chi connectivity index (χ1n) is 9.82. The molecule has 0 aliphatic carbocycles. The second-order valence-electron chi connectivity index (χ2n) is 6.84. The SMILES string of the molecule is CCOC(=O)c1ccc(NC(=O)NC2CC(=O)N(c3ccc(OC)c(OC)c3)C2)cc1. The number of ether oxygens (including phenoxy) is 3. The molecule has 1 atom stereocenters. The van der Waals surface area contributed by atoms with Gasteiger partial charge in [-0.2, -0.15) is 0 Å². The summed E-state index contributed by atoms with van der Waals surface area (Å²) in [7, 11) is 3.07. The molecule has 3 amide bonds. The third-order valence-corrected chi connectivity index (χ3v) is 4.79. The molecular weight excluding hydrogens is 402 g/mol. The van der Waals surface area contributed by atoms with Crippen molar-refractivity contribution in [3.63, 3.8) is 0 Å². The molecule has 2 N–H and O–H groups in total. The van der Waals surface area contributed by atoms with Crippen LogP contribution in [0.2, 0.25) is 0 Å². The summed E-state index contributed by atoms with van der Waals surface area (Å²) in [4.78, 5) is 38.1. The van der Waals surface area contributed by atoms with E-state index in [9.17, 15) is 14.4 Å². The molecule has 0 radical (unpaired) electrons. The van der Waals surface area contributed by atoms with Gasteiger partial charge in [0, 0.05) is 30.4 Å². The number of methoxy groups -OCH3 is 2. The summed E-state index contributed by atoms with van der Waals surface area (Å²) >= 11 is 0. The Morgan fingerprint density at radius 1 is 1.06 bits per heavy atom. The van der Waals surface area contributed by atoms with Crippen LogP contribution in [-0.4, -0.2) is 51.3 Å². The number of hydrogen-bond donors (Lipinski definition) is 2. The number of nitrogens with one attached hydrogen (secondary N) is 2. The van der Waals surface area contributed by atoms with Crippen LogP contribution in [0, 0.1) is 0 Å². The lowest BCUT2D eigenvalue weighted by molar-refractivity contribution is -0.117. The van der Waals surface area contributed by atoms with Crippen LogP contribution in [0.5, 0.6) is 11.5 Å². The van der Waals surface area contributed by atoms with Crippen LogP contribution < -0.4 is 25.0 Å². The molecule has 3 rings (SSSR count). The highest BCUT2D eigenvalue weighted by Crippen LogP contribution is 2.33. The summed E-state index contributed by atoms with van der Waals surface area (Å²) in [5, 5.41) is 5.51. The Hall–Kier alpha value is -3.75. The molecule has 0 aromatic heterocycles. The lowest BCUT2D eigenvalue weighted by Gasteiger charge is -2.19. The number of anilines is 2. The van der Waals surface area contributed by atoms with Crippen molar-refractivity contribution in [1.29, 1.82) is 0 Å². The third kappa shape index (κ3) is 5.25. The van der Waals surface area contributed by atoms with Crippen molar-refractivity contribution in [1.82, 2.24) is 5.32 Å². The molecule has 31 heavy (non-hydrogen) atoms. The number of rotatable bonds is 7. The maximum Gasteiger partial charge on any atom is 0.338 e. The van der Waals surface area contributed by atoms with Crippen molar-refractivity contribution in [2.45, 2.75) is 19.4 Å². The minimum Gasteiger partial charge on any atom is -0.493 e. The predicted molar refractivity (Wildman–Crippen MR) is 115 cm³/mol. The Bertz CT molecular complexity index is 960. The van der Waals surface area contributed by atoms with E-state index in [0.29, 0.717) is 41.6 Å². The lowest BCUT2D eigenvalue weighted by Crippen LogP contribution is -2.39. The number of benzene rings is 2. The molecule has 9 heteroatoms. The normalized spacial score (nSPS) is 15.4. The molecule has 9 nitrogen and oxygen atoms in total. The molecule has 0 bridgehead atoms. The summed E-state index contributed by atoms with van der Waals surface area (Å²) in [6.45, 7) is 2.36. The van der Waals surface area contributed by atoms with Crippen molar-refractivity contribution in [3.05, 3.63) is 48.0 Å². The van der Waals surface area contributed by atoms with Crippen molar-refractivity contribution in [2.75, 3.05) is 37.6 Å². The van der Waals surface area contributed by atoms with Crippen LogP contribution in [0.1, 0.15) is 23.7 Å². The van der Waals surface area contributed by atoms with Gasteiger partial charge in [-0.1, -0.05) is 0 Å². The van der Waals surface area contributed by atoms with Crippen molar-refractivity contribution in [3.8, 4) is 11.5 Å². The molecule has 0 saturated carbocycles. The Kier molecular flexibility index (Phi) is 6.96. The Labute approximate surface area is 180 Å². The van der Waals surface area contributed by atoms with Crippen LogP contribution in [-0.2, 0) is 9.53 Å². The third-order valence-electron chi connectivity index (χ3n) is 4.79. The smallest absolute Gasteiger partial charge is 0.338 e. The summed E-state index contributed by atoms with van der Waals surface area (Å²) < 4.78 is 15.5. The quantitative estimate of drug-likeness (QED) is 0.658. The van der Waals surface area contributed by atoms with E-state index < -0.39 is 12.0 Å². The number of urea groups is 1. The minimum atomic E-state index is -0.434. The van der Waals surface area contributed by atoms with Gasteiger partial charge in [0.1, 0.15) is 0 Å². The lowest BCUT2D eigenvalue weighted by atomic mass is 10.2. The molecule has 1 aliphatic heterocycles. The second-order valence-corrected chi connectivity index (χ2v) is 6.84. The highest BCUT2D eigenvalue weighted by atomic mass is 16.5. The molecule has 1 aliphatic rings. The first kappa shape index (κ1) is 21.9. The number of nitrogens with zero attached hydrogens (tertiary/aromatic N) is 1. The van der Waals surface area contributed by atoms with E-state index in [1.807, 2.05) is 0 Å². The van der Waals surface area contributed by atoms with Gasteiger partial charge in [-0.05, 0) is 43.3 Å². The van der Waals surface area contributed by atoms with Gasteiger partial charge in [-0.3, -0.25) is 4.79 Å². The van der Waals surface area contributed by atoms with Gasteiger partial charge < -0.3 is 29.7 Å². The van der Waals surface area contributed by atoms with Crippen molar-refractivity contribution in [2.24, 2.45) is 0 Å².